The van der Waals surface area contributed by atoms with E-state index in [9.17, 15) is 14.0 Å². The minimum absolute atomic E-state index is 0.274. The van der Waals surface area contributed by atoms with Crippen LogP contribution in [0.15, 0.2) is 59.4 Å². The van der Waals surface area contributed by atoms with Crippen molar-refractivity contribution < 1.29 is 13.9 Å². The summed E-state index contributed by atoms with van der Waals surface area (Å²) in [5, 5.41) is 7.33. The molecule has 0 aliphatic heterocycles. The molecule has 0 bridgehead atoms. The highest BCUT2D eigenvalue weighted by Gasteiger charge is 2.12. The van der Waals surface area contributed by atoms with Crippen LogP contribution in [0.25, 0.3) is 11.3 Å². The average Bonchev–Trinajstić information content (AvgIpc) is 2.63. The molecule has 0 radical (unpaired) electrons. The highest BCUT2D eigenvalue weighted by Crippen LogP contribution is 2.28. The van der Waals surface area contributed by atoms with Crippen molar-refractivity contribution in [3.8, 4) is 17.0 Å². The second-order valence-corrected chi connectivity index (χ2v) is 6.05. The molecule has 0 aliphatic carbocycles. The number of anilines is 1. The van der Waals surface area contributed by atoms with Gasteiger partial charge >= 0.3 is 0 Å². The van der Waals surface area contributed by atoms with Gasteiger partial charge in [0.25, 0.3) is 5.56 Å². The molecule has 0 atom stereocenters. The van der Waals surface area contributed by atoms with Crippen LogP contribution in [0.1, 0.15) is 0 Å². The van der Waals surface area contributed by atoms with Gasteiger partial charge < -0.3 is 10.1 Å². The Hall–Kier alpha value is -3.19. The molecule has 6 nitrogen and oxygen atoms in total. The van der Waals surface area contributed by atoms with Crippen LogP contribution in [0.4, 0.5) is 10.1 Å². The van der Waals surface area contributed by atoms with Crippen LogP contribution in [-0.2, 0) is 11.3 Å². The van der Waals surface area contributed by atoms with Crippen LogP contribution in [-0.4, -0.2) is 22.8 Å². The van der Waals surface area contributed by atoms with Gasteiger partial charge in [0.1, 0.15) is 18.1 Å². The lowest BCUT2D eigenvalue weighted by molar-refractivity contribution is -0.117. The molecular weight excluding hydrogens is 373 g/mol. The molecule has 1 amide bonds. The largest absolute Gasteiger partial charge is 0.496 e. The van der Waals surface area contributed by atoms with E-state index in [0.29, 0.717) is 22.0 Å². The summed E-state index contributed by atoms with van der Waals surface area (Å²) >= 11 is 5.88. The molecule has 1 aromatic heterocycles. The summed E-state index contributed by atoms with van der Waals surface area (Å²) in [4.78, 5) is 24.3. The van der Waals surface area contributed by atoms with Crippen LogP contribution >= 0.6 is 11.6 Å². The molecule has 138 valence electrons. The lowest BCUT2D eigenvalue weighted by Gasteiger charge is -2.11. The highest BCUT2D eigenvalue weighted by molar-refractivity contribution is 6.30. The van der Waals surface area contributed by atoms with Crippen LogP contribution < -0.4 is 15.6 Å². The van der Waals surface area contributed by atoms with E-state index in [2.05, 4.69) is 10.4 Å². The number of carbonyl (C=O) groups is 1. The number of halogens is 2. The molecular formula is C19H15ClFN3O3. The molecule has 0 aliphatic rings. The summed E-state index contributed by atoms with van der Waals surface area (Å²) in [6.45, 7) is -0.289. The minimum atomic E-state index is -0.454. The lowest BCUT2D eigenvalue weighted by Crippen LogP contribution is -2.29. The maximum Gasteiger partial charge on any atom is 0.267 e. The Morgan fingerprint density at radius 1 is 1.22 bits per heavy atom. The fraction of sp³-hybridized carbons (Fsp3) is 0.105. The lowest BCUT2D eigenvalue weighted by atomic mass is 10.1. The van der Waals surface area contributed by atoms with Crippen molar-refractivity contribution in [1.82, 2.24) is 9.78 Å². The highest BCUT2D eigenvalue weighted by atomic mass is 35.5. The van der Waals surface area contributed by atoms with Crippen LogP contribution in [0.3, 0.4) is 0 Å². The van der Waals surface area contributed by atoms with Gasteiger partial charge in [-0.1, -0.05) is 17.7 Å². The number of aromatic nitrogens is 2. The maximum absolute atomic E-state index is 13.4. The molecule has 0 fully saturated rings. The third kappa shape index (κ3) is 4.51. The third-order valence-electron chi connectivity index (χ3n) is 3.71. The van der Waals surface area contributed by atoms with E-state index in [1.165, 1.54) is 37.4 Å². The summed E-state index contributed by atoms with van der Waals surface area (Å²) in [7, 11) is 1.41. The molecule has 27 heavy (non-hydrogen) atoms. The summed E-state index contributed by atoms with van der Waals surface area (Å²) in [6.07, 6.45) is 0. The minimum Gasteiger partial charge on any atom is -0.496 e. The number of hydrogen-bond acceptors (Lipinski definition) is 4. The first-order valence-electron chi connectivity index (χ1n) is 7.94. The van der Waals surface area contributed by atoms with Gasteiger partial charge in [0.2, 0.25) is 5.91 Å². The molecule has 0 saturated carbocycles. The summed E-state index contributed by atoms with van der Waals surface area (Å²) in [6, 6.07) is 13.4. The standard InChI is InChI=1S/C19H15ClFN3O3/c1-27-17-10-13(21)5-6-15(17)16-7-8-19(26)24(23-16)11-18(25)22-14-4-2-3-12(20)9-14/h2-10H,11H2,1H3,(H,22,25). The number of benzene rings is 2. The van der Waals surface area contributed by atoms with Gasteiger partial charge in [-0.3, -0.25) is 9.59 Å². The van der Waals surface area contributed by atoms with Crippen molar-refractivity contribution >= 4 is 23.2 Å². The predicted octanol–water partition coefficient (Wildman–Crippen LogP) is 3.35. The Morgan fingerprint density at radius 3 is 2.78 bits per heavy atom. The van der Waals surface area contributed by atoms with Crippen molar-refractivity contribution in [2.75, 3.05) is 12.4 Å². The smallest absolute Gasteiger partial charge is 0.267 e. The average molecular weight is 388 g/mol. The zero-order valence-electron chi connectivity index (χ0n) is 14.3. The number of nitrogens with zero attached hydrogens (tertiary/aromatic N) is 2. The zero-order chi connectivity index (χ0) is 19.4. The van der Waals surface area contributed by atoms with E-state index in [-0.39, 0.29) is 12.3 Å². The van der Waals surface area contributed by atoms with E-state index in [1.54, 1.807) is 24.3 Å². The van der Waals surface area contributed by atoms with E-state index in [0.717, 1.165) is 4.68 Å². The molecule has 0 unspecified atom stereocenters. The molecule has 2 aromatic carbocycles. The second-order valence-electron chi connectivity index (χ2n) is 5.62. The van der Waals surface area contributed by atoms with E-state index >= 15 is 0 Å². The van der Waals surface area contributed by atoms with Crippen molar-refractivity contribution in [2.45, 2.75) is 6.54 Å². The first kappa shape index (κ1) is 18.6. The van der Waals surface area contributed by atoms with Crippen LogP contribution in [0.2, 0.25) is 5.02 Å². The maximum atomic E-state index is 13.4. The number of hydrogen-bond donors (Lipinski definition) is 1. The van der Waals surface area contributed by atoms with Gasteiger partial charge in [-0.05, 0) is 36.4 Å². The Morgan fingerprint density at radius 2 is 2.04 bits per heavy atom. The number of ether oxygens (including phenoxy) is 1. The van der Waals surface area contributed by atoms with Crippen molar-refractivity contribution in [3.63, 3.8) is 0 Å². The number of methoxy groups -OCH3 is 1. The Kier molecular flexibility index (Phi) is 5.52. The van der Waals surface area contributed by atoms with E-state index in [1.807, 2.05) is 0 Å². The van der Waals surface area contributed by atoms with Gasteiger partial charge in [-0.25, -0.2) is 9.07 Å². The van der Waals surface area contributed by atoms with Crippen molar-refractivity contribution in [2.24, 2.45) is 0 Å². The Balaban J connectivity index is 1.86. The zero-order valence-corrected chi connectivity index (χ0v) is 15.0. The molecule has 0 spiro atoms. The fourth-order valence-electron chi connectivity index (χ4n) is 2.49. The first-order valence-corrected chi connectivity index (χ1v) is 8.31. The number of nitrogens with one attached hydrogen (secondary N) is 1. The normalized spacial score (nSPS) is 10.5. The van der Waals surface area contributed by atoms with Gasteiger partial charge in [-0.2, -0.15) is 5.10 Å². The second kappa shape index (κ2) is 8.01. The molecule has 8 heteroatoms. The van der Waals surface area contributed by atoms with Gasteiger partial charge in [0, 0.05) is 28.4 Å². The van der Waals surface area contributed by atoms with Crippen LogP contribution in [0.5, 0.6) is 5.75 Å². The Bertz CT molecular complexity index is 1050. The molecule has 1 heterocycles. The van der Waals surface area contributed by atoms with E-state index in [4.69, 9.17) is 16.3 Å². The topological polar surface area (TPSA) is 73.2 Å². The van der Waals surface area contributed by atoms with Gasteiger partial charge in [-0.15, -0.1) is 0 Å². The van der Waals surface area contributed by atoms with Crippen LogP contribution in [0, 0.1) is 5.82 Å². The molecule has 3 aromatic rings. The van der Waals surface area contributed by atoms with E-state index < -0.39 is 17.3 Å². The Labute approximate surface area is 159 Å². The molecule has 3 rings (SSSR count). The monoisotopic (exact) mass is 387 g/mol. The van der Waals surface area contributed by atoms with Crippen molar-refractivity contribution in [3.05, 3.63) is 75.8 Å². The summed E-state index contributed by atoms with van der Waals surface area (Å²) in [5.74, 6) is -0.615. The molecule has 1 N–H and O–H groups in total. The number of amides is 1. The van der Waals surface area contributed by atoms with Gasteiger partial charge in [0.05, 0.1) is 12.8 Å². The number of rotatable bonds is 5. The molecule has 0 saturated heterocycles. The first-order chi connectivity index (χ1) is 13.0. The summed E-state index contributed by atoms with van der Waals surface area (Å²) < 4.78 is 19.6. The SMILES string of the molecule is COc1cc(F)ccc1-c1ccc(=O)n(CC(=O)Nc2cccc(Cl)c2)n1. The third-order valence-corrected chi connectivity index (χ3v) is 3.94. The summed E-state index contributed by atoms with van der Waals surface area (Å²) in [5.41, 5.74) is 0.947. The number of carbonyl (C=O) groups excluding carboxylic acids is 1. The van der Waals surface area contributed by atoms with Crippen molar-refractivity contribution in [1.29, 1.82) is 0 Å². The van der Waals surface area contributed by atoms with Gasteiger partial charge in [0.15, 0.2) is 0 Å². The fourth-order valence-corrected chi connectivity index (χ4v) is 2.68. The predicted molar refractivity (Wildman–Crippen MR) is 101 cm³/mol. The quantitative estimate of drug-likeness (QED) is 0.728.